The van der Waals surface area contributed by atoms with Gasteiger partial charge < -0.3 is 9.16 Å². The van der Waals surface area contributed by atoms with Crippen LogP contribution in [-0.2, 0) is 9.16 Å². The highest BCUT2D eigenvalue weighted by molar-refractivity contribution is 7.62. The molecule has 0 aromatic heterocycles. The molecule has 0 aliphatic heterocycles. The fourth-order valence-corrected chi connectivity index (χ4v) is 2.07. The number of rotatable bonds is 5. The Hall–Kier alpha value is 0.937. The average molecular weight is 272 g/mol. The zero-order valence-corrected chi connectivity index (χ0v) is 11.0. The van der Waals surface area contributed by atoms with Crippen molar-refractivity contribution in [3.8, 4) is 0 Å². The number of halogens is 4. The van der Waals surface area contributed by atoms with Crippen LogP contribution in [0.25, 0.3) is 0 Å². The molecule has 0 saturated carbocycles. The van der Waals surface area contributed by atoms with Gasteiger partial charge in [-0.05, 0) is 20.3 Å². The summed E-state index contributed by atoms with van der Waals surface area (Å²) < 4.78 is 10.4. The van der Waals surface area contributed by atoms with Gasteiger partial charge in [0.2, 0.25) is 0 Å². The van der Waals surface area contributed by atoms with Crippen molar-refractivity contribution in [2.75, 3.05) is 0 Å². The first-order valence-corrected chi connectivity index (χ1v) is 8.69. The summed E-state index contributed by atoms with van der Waals surface area (Å²) in [6, 6.07) is 0. The quantitative estimate of drug-likeness (QED) is 0.433. The van der Waals surface area contributed by atoms with Gasteiger partial charge in [0.25, 0.3) is 0 Å². The molecular formula is C6H14Cl3FO2Si. The largest absolute Gasteiger partial charge is 0.495 e. The predicted molar refractivity (Wildman–Crippen MR) is 57.2 cm³/mol. The van der Waals surface area contributed by atoms with Gasteiger partial charge in [-0.3, -0.25) is 4.70 Å². The van der Waals surface area contributed by atoms with Crippen molar-refractivity contribution in [3.63, 3.8) is 0 Å². The van der Waals surface area contributed by atoms with E-state index in [2.05, 4.69) is 0 Å². The van der Waals surface area contributed by atoms with E-state index in [-0.39, 0.29) is 10.8 Å². The molecule has 0 aromatic rings. The van der Waals surface area contributed by atoms with Gasteiger partial charge in [-0.25, -0.2) is 0 Å². The molecule has 1 atom stereocenters. The molecule has 0 aromatic carbocycles. The van der Waals surface area contributed by atoms with Crippen molar-refractivity contribution in [2.24, 2.45) is 0 Å². The monoisotopic (exact) mass is 270 g/mol. The van der Waals surface area contributed by atoms with E-state index in [9.17, 15) is 0 Å². The van der Waals surface area contributed by atoms with Crippen LogP contribution in [0, 0.1) is 0 Å². The first-order chi connectivity index (χ1) is 5.35. The van der Waals surface area contributed by atoms with Gasteiger partial charge in [-0.15, -0.1) is 0 Å². The van der Waals surface area contributed by atoms with E-state index < -0.39 is 12.5 Å². The summed E-state index contributed by atoms with van der Waals surface area (Å²) in [4.78, 5) is 0. The Bertz CT molecular complexity index is 132. The van der Waals surface area contributed by atoms with Crippen LogP contribution in [0.1, 0.15) is 27.2 Å². The summed E-state index contributed by atoms with van der Waals surface area (Å²) in [6.07, 6.45) is -2.66. The summed E-state index contributed by atoms with van der Waals surface area (Å²) in [5, 5.41) is 0. The van der Waals surface area contributed by atoms with Crippen LogP contribution >= 0.6 is 33.2 Å². The Morgan fingerprint density at radius 1 is 1.23 bits per heavy atom. The van der Waals surface area contributed by atoms with Gasteiger partial charge in [0.15, 0.2) is 6.29 Å². The van der Waals surface area contributed by atoms with Crippen molar-refractivity contribution >= 4 is 39.5 Å². The van der Waals surface area contributed by atoms with Crippen molar-refractivity contribution in [1.82, 2.24) is 0 Å². The minimum atomic E-state index is -3.02. The van der Waals surface area contributed by atoms with E-state index >= 15 is 0 Å². The van der Waals surface area contributed by atoms with E-state index in [0.29, 0.717) is 6.42 Å². The molecule has 13 heavy (non-hydrogen) atoms. The Morgan fingerprint density at radius 3 is 1.92 bits per heavy atom. The number of hydrogen-bond acceptors (Lipinski definition) is 2. The maximum absolute atomic E-state index is 5.56. The van der Waals surface area contributed by atoms with E-state index in [1.165, 1.54) is 0 Å². The molecule has 0 amide bonds. The van der Waals surface area contributed by atoms with Crippen LogP contribution < -0.4 is 0 Å². The van der Waals surface area contributed by atoms with Crippen molar-refractivity contribution in [3.05, 3.63) is 0 Å². The van der Waals surface area contributed by atoms with Crippen LogP contribution in [0.2, 0.25) is 0 Å². The highest BCUT2D eigenvalue weighted by atomic mass is 35.8. The van der Waals surface area contributed by atoms with Gasteiger partial charge in [-0.1, -0.05) is 40.2 Å². The van der Waals surface area contributed by atoms with E-state index in [0.717, 1.165) is 0 Å². The van der Waals surface area contributed by atoms with Gasteiger partial charge in [0.1, 0.15) is 0 Å². The van der Waals surface area contributed by atoms with Crippen molar-refractivity contribution < 1.29 is 13.9 Å². The Balaban J connectivity index is 0. The van der Waals surface area contributed by atoms with Crippen LogP contribution in [0.3, 0.4) is 0 Å². The van der Waals surface area contributed by atoms with E-state index in [1.807, 2.05) is 20.8 Å². The molecule has 0 rings (SSSR count). The lowest BCUT2D eigenvalue weighted by Crippen LogP contribution is -2.29. The molecule has 7 heteroatoms. The highest BCUT2D eigenvalue weighted by Gasteiger charge is 2.31. The van der Waals surface area contributed by atoms with Gasteiger partial charge in [-0.2, -0.15) is 0 Å². The molecular weight excluding hydrogens is 258 g/mol. The zero-order chi connectivity index (χ0) is 9.78. The predicted octanol–water partition coefficient (Wildman–Crippen LogP) is 3.47. The number of hydrogen-bond donors (Lipinski definition) is 0. The molecule has 0 aliphatic rings. The second-order valence-electron chi connectivity index (χ2n) is 2.59. The Labute approximate surface area is 93.0 Å². The number of ether oxygens (including phenoxy) is 1. The smallest absolute Gasteiger partial charge is 0.354 e. The molecule has 0 aliphatic carbocycles. The zero-order valence-electron chi connectivity index (χ0n) is 7.72. The van der Waals surface area contributed by atoms with Crippen LogP contribution in [0.5, 0.6) is 0 Å². The summed E-state index contributed by atoms with van der Waals surface area (Å²) >= 11 is 16.7. The minimum absolute atomic E-state index is 0. The normalized spacial score (nSPS) is 14.1. The first kappa shape index (κ1) is 16.4. The fourth-order valence-electron chi connectivity index (χ4n) is 0.660. The van der Waals surface area contributed by atoms with E-state index in [4.69, 9.17) is 42.4 Å². The fraction of sp³-hybridized carbons (Fsp3) is 1.00. The lowest BCUT2D eigenvalue weighted by atomic mass is 10.4. The van der Waals surface area contributed by atoms with Gasteiger partial charge in [0, 0.05) is 0 Å². The highest BCUT2D eigenvalue weighted by Crippen LogP contribution is 2.24. The topological polar surface area (TPSA) is 18.5 Å². The molecule has 0 fully saturated rings. The average Bonchev–Trinajstić information content (AvgIpc) is 1.82. The summed E-state index contributed by atoms with van der Waals surface area (Å²) in [5.74, 6) is 0. The maximum Gasteiger partial charge on any atom is 0.495 e. The molecule has 0 heterocycles. The van der Waals surface area contributed by atoms with Crippen molar-refractivity contribution in [1.29, 1.82) is 0 Å². The standard InChI is InChI=1S/C6H13Cl3O2Si.FH/c1-4-6(10-5(2)3)11-12(7,8)9;/h5-6H,4H2,1-3H3;1H. The van der Waals surface area contributed by atoms with Gasteiger partial charge in [0.05, 0.1) is 6.10 Å². The molecule has 0 bridgehead atoms. The lowest BCUT2D eigenvalue weighted by molar-refractivity contribution is -0.109. The van der Waals surface area contributed by atoms with E-state index in [1.54, 1.807) is 0 Å². The third-order valence-corrected chi connectivity index (χ3v) is 2.35. The summed E-state index contributed by atoms with van der Waals surface area (Å²) in [6.45, 7) is 5.73. The maximum atomic E-state index is 5.56. The van der Waals surface area contributed by atoms with Crippen molar-refractivity contribution in [2.45, 2.75) is 39.6 Å². The molecule has 82 valence electrons. The molecule has 0 radical (unpaired) electrons. The Kier molecular flexibility index (Phi) is 9.14. The molecule has 2 nitrogen and oxygen atoms in total. The molecule has 0 saturated heterocycles. The van der Waals surface area contributed by atoms with Crippen LogP contribution in [-0.4, -0.2) is 18.6 Å². The molecule has 0 N–H and O–H groups in total. The van der Waals surface area contributed by atoms with Crippen LogP contribution in [0.4, 0.5) is 4.70 Å². The third-order valence-electron chi connectivity index (χ3n) is 1.02. The summed E-state index contributed by atoms with van der Waals surface area (Å²) in [5.41, 5.74) is 0. The van der Waals surface area contributed by atoms with Crippen LogP contribution in [0.15, 0.2) is 0 Å². The van der Waals surface area contributed by atoms with Gasteiger partial charge >= 0.3 is 6.25 Å². The molecule has 0 spiro atoms. The first-order valence-electron chi connectivity index (χ1n) is 3.75. The second-order valence-corrected chi connectivity index (χ2v) is 10.2. The molecule has 1 unspecified atom stereocenters. The lowest BCUT2D eigenvalue weighted by Gasteiger charge is -2.22. The second kappa shape index (κ2) is 7.26. The Morgan fingerprint density at radius 2 is 1.69 bits per heavy atom. The summed E-state index contributed by atoms with van der Waals surface area (Å²) in [7, 11) is 0. The SMILES string of the molecule is CCC(OC(C)C)O[Si](Cl)(Cl)Cl.F. The minimum Gasteiger partial charge on any atom is -0.354 e. The third kappa shape index (κ3) is 10.9.